The number of benzene rings is 1. The highest BCUT2D eigenvalue weighted by Gasteiger charge is 2.24. The number of nitrogens with one attached hydrogen (secondary N) is 1. The average molecular weight is 384 g/mol. The summed E-state index contributed by atoms with van der Waals surface area (Å²) >= 11 is 0. The fourth-order valence-electron chi connectivity index (χ4n) is 2.85. The molecule has 9 nitrogen and oxygen atoms in total. The SMILES string of the molecule is CCOC(=O)c1noc2nc(C)n(CC(=O)Nc3ccccc3CC)c(=O)c12. The van der Waals surface area contributed by atoms with Crippen LogP contribution in [-0.4, -0.2) is 33.2 Å². The second-order valence-electron chi connectivity index (χ2n) is 6.04. The lowest BCUT2D eigenvalue weighted by atomic mass is 10.1. The maximum absolute atomic E-state index is 12.9. The number of esters is 1. The Balaban J connectivity index is 1.94. The maximum Gasteiger partial charge on any atom is 0.361 e. The Labute approximate surface area is 160 Å². The van der Waals surface area contributed by atoms with Crippen molar-refractivity contribution in [2.75, 3.05) is 11.9 Å². The molecule has 0 bridgehead atoms. The minimum absolute atomic E-state index is 0.0708. The lowest BCUT2D eigenvalue weighted by Gasteiger charge is -2.12. The molecule has 0 saturated carbocycles. The molecule has 3 rings (SSSR count). The maximum atomic E-state index is 12.9. The fourth-order valence-corrected chi connectivity index (χ4v) is 2.85. The fraction of sp³-hybridized carbons (Fsp3) is 0.316. The van der Waals surface area contributed by atoms with E-state index in [1.54, 1.807) is 19.9 Å². The van der Waals surface area contributed by atoms with Gasteiger partial charge in [-0.25, -0.2) is 4.79 Å². The van der Waals surface area contributed by atoms with Crippen LogP contribution in [0.4, 0.5) is 5.69 Å². The zero-order chi connectivity index (χ0) is 20.3. The average Bonchev–Trinajstić information content (AvgIpc) is 3.09. The minimum Gasteiger partial charge on any atom is -0.461 e. The third-order valence-corrected chi connectivity index (χ3v) is 4.23. The van der Waals surface area contributed by atoms with Crippen LogP contribution >= 0.6 is 0 Å². The quantitative estimate of drug-likeness (QED) is 0.647. The van der Waals surface area contributed by atoms with E-state index in [1.807, 2.05) is 25.1 Å². The van der Waals surface area contributed by atoms with Gasteiger partial charge < -0.3 is 14.6 Å². The summed E-state index contributed by atoms with van der Waals surface area (Å²) in [7, 11) is 0. The molecule has 0 aliphatic heterocycles. The molecule has 146 valence electrons. The standard InChI is InChI=1S/C19H20N4O5/c1-4-12-8-6-7-9-13(12)21-14(24)10-23-11(3)20-17-15(18(23)25)16(22-28-17)19(26)27-5-2/h6-9H,4-5,10H2,1-3H3,(H,21,24). The van der Waals surface area contributed by atoms with Crippen LogP contribution in [0.15, 0.2) is 33.6 Å². The molecule has 1 N–H and O–H groups in total. The molecule has 3 aromatic rings. The Kier molecular flexibility index (Phi) is 5.53. The summed E-state index contributed by atoms with van der Waals surface area (Å²) in [6.07, 6.45) is 0.756. The lowest BCUT2D eigenvalue weighted by molar-refractivity contribution is -0.116. The van der Waals surface area contributed by atoms with Gasteiger partial charge in [0.25, 0.3) is 11.3 Å². The highest BCUT2D eigenvalue weighted by Crippen LogP contribution is 2.16. The van der Waals surface area contributed by atoms with Crippen molar-refractivity contribution in [3.63, 3.8) is 0 Å². The van der Waals surface area contributed by atoms with Crippen LogP contribution in [-0.2, 0) is 22.5 Å². The molecule has 0 spiro atoms. The van der Waals surface area contributed by atoms with Crippen LogP contribution in [0.3, 0.4) is 0 Å². The second-order valence-corrected chi connectivity index (χ2v) is 6.04. The number of para-hydroxylation sites is 1. The monoisotopic (exact) mass is 384 g/mol. The van der Waals surface area contributed by atoms with Crippen molar-refractivity contribution in [3.8, 4) is 0 Å². The Morgan fingerprint density at radius 2 is 2.00 bits per heavy atom. The molecule has 0 unspecified atom stereocenters. The van der Waals surface area contributed by atoms with Crippen molar-refractivity contribution in [2.24, 2.45) is 0 Å². The summed E-state index contributed by atoms with van der Waals surface area (Å²) in [6, 6.07) is 7.43. The number of fused-ring (bicyclic) bond motifs is 1. The van der Waals surface area contributed by atoms with Crippen molar-refractivity contribution in [1.82, 2.24) is 14.7 Å². The Bertz CT molecular complexity index is 1100. The molecular weight excluding hydrogens is 364 g/mol. The number of carbonyl (C=O) groups is 2. The molecule has 0 saturated heterocycles. The molecule has 28 heavy (non-hydrogen) atoms. The summed E-state index contributed by atoms with van der Waals surface area (Å²) < 4.78 is 11.0. The lowest BCUT2D eigenvalue weighted by Crippen LogP contribution is -2.30. The first-order valence-electron chi connectivity index (χ1n) is 8.87. The van der Waals surface area contributed by atoms with Crippen LogP contribution in [0.25, 0.3) is 11.1 Å². The Hall–Kier alpha value is -3.49. The first-order chi connectivity index (χ1) is 13.5. The third kappa shape index (κ3) is 3.64. The van der Waals surface area contributed by atoms with Crippen molar-refractivity contribution in [1.29, 1.82) is 0 Å². The van der Waals surface area contributed by atoms with Gasteiger partial charge in [-0.05, 0) is 31.9 Å². The van der Waals surface area contributed by atoms with Gasteiger partial charge in [-0.2, -0.15) is 4.98 Å². The molecule has 0 radical (unpaired) electrons. The molecule has 1 amide bonds. The van der Waals surface area contributed by atoms with E-state index in [9.17, 15) is 14.4 Å². The van der Waals surface area contributed by atoms with Gasteiger partial charge in [-0.15, -0.1) is 0 Å². The second kappa shape index (κ2) is 8.03. The smallest absolute Gasteiger partial charge is 0.361 e. The van der Waals surface area contributed by atoms with E-state index >= 15 is 0 Å². The predicted octanol–water partition coefficient (Wildman–Crippen LogP) is 2.07. The van der Waals surface area contributed by atoms with Crippen LogP contribution in [0.1, 0.15) is 35.7 Å². The number of carbonyl (C=O) groups excluding carboxylic acids is 2. The van der Waals surface area contributed by atoms with Crippen molar-refractivity contribution in [3.05, 3.63) is 51.7 Å². The van der Waals surface area contributed by atoms with Gasteiger partial charge in [-0.3, -0.25) is 14.2 Å². The van der Waals surface area contributed by atoms with Crippen molar-refractivity contribution < 1.29 is 18.8 Å². The zero-order valence-corrected chi connectivity index (χ0v) is 15.8. The molecule has 2 aromatic heterocycles. The van der Waals surface area contributed by atoms with E-state index in [2.05, 4.69) is 15.5 Å². The zero-order valence-electron chi connectivity index (χ0n) is 15.8. The van der Waals surface area contributed by atoms with Gasteiger partial charge in [0.05, 0.1) is 6.61 Å². The summed E-state index contributed by atoms with van der Waals surface area (Å²) in [4.78, 5) is 41.5. The predicted molar refractivity (Wildman–Crippen MR) is 101 cm³/mol. The van der Waals surface area contributed by atoms with Crippen LogP contribution in [0.2, 0.25) is 0 Å². The number of aryl methyl sites for hydroxylation is 2. The van der Waals surface area contributed by atoms with Crippen LogP contribution < -0.4 is 10.9 Å². The summed E-state index contributed by atoms with van der Waals surface area (Å²) in [5.41, 5.74) is 0.758. The van der Waals surface area contributed by atoms with E-state index < -0.39 is 11.5 Å². The highest BCUT2D eigenvalue weighted by molar-refractivity contribution is 6.00. The van der Waals surface area contributed by atoms with Gasteiger partial charge in [0.15, 0.2) is 0 Å². The number of hydrogen-bond donors (Lipinski definition) is 1. The van der Waals surface area contributed by atoms with E-state index in [1.165, 1.54) is 4.57 Å². The van der Waals surface area contributed by atoms with E-state index in [4.69, 9.17) is 9.26 Å². The van der Waals surface area contributed by atoms with Crippen molar-refractivity contribution in [2.45, 2.75) is 33.7 Å². The number of anilines is 1. The Morgan fingerprint density at radius 1 is 1.25 bits per heavy atom. The van der Waals surface area contributed by atoms with Gasteiger partial charge >= 0.3 is 5.97 Å². The number of ether oxygens (including phenoxy) is 1. The number of rotatable bonds is 6. The first-order valence-corrected chi connectivity index (χ1v) is 8.87. The molecule has 0 fully saturated rings. The summed E-state index contributed by atoms with van der Waals surface area (Å²) in [5.74, 6) is -0.902. The number of nitrogens with zero attached hydrogens (tertiary/aromatic N) is 3. The molecule has 2 heterocycles. The van der Waals surface area contributed by atoms with Gasteiger partial charge in [-0.1, -0.05) is 30.3 Å². The third-order valence-electron chi connectivity index (χ3n) is 4.23. The van der Waals surface area contributed by atoms with Crippen molar-refractivity contribution >= 4 is 28.7 Å². The normalized spacial score (nSPS) is 10.8. The van der Waals surface area contributed by atoms with Crippen LogP contribution in [0, 0.1) is 6.92 Å². The number of aromatic nitrogens is 3. The van der Waals surface area contributed by atoms with Crippen LogP contribution in [0.5, 0.6) is 0 Å². The van der Waals surface area contributed by atoms with E-state index in [-0.39, 0.29) is 41.7 Å². The molecule has 9 heteroatoms. The van der Waals surface area contributed by atoms with Gasteiger partial charge in [0.2, 0.25) is 11.6 Å². The first kappa shape index (κ1) is 19.3. The van der Waals surface area contributed by atoms with Gasteiger partial charge in [0, 0.05) is 5.69 Å². The molecule has 0 aliphatic carbocycles. The summed E-state index contributed by atoms with van der Waals surface area (Å²) in [5, 5.41) is 6.30. The highest BCUT2D eigenvalue weighted by atomic mass is 16.5. The number of hydrogen-bond acceptors (Lipinski definition) is 7. The number of amides is 1. The molecular formula is C19H20N4O5. The van der Waals surface area contributed by atoms with E-state index in [0.717, 1.165) is 12.0 Å². The molecule has 0 atom stereocenters. The topological polar surface area (TPSA) is 116 Å². The van der Waals surface area contributed by atoms with Gasteiger partial charge in [0.1, 0.15) is 17.8 Å². The Morgan fingerprint density at radius 3 is 2.71 bits per heavy atom. The summed E-state index contributed by atoms with van der Waals surface area (Å²) in [6.45, 7) is 5.05. The molecule has 1 aromatic carbocycles. The largest absolute Gasteiger partial charge is 0.461 e. The van der Waals surface area contributed by atoms with E-state index in [0.29, 0.717) is 5.69 Å². The minimum atomic E-state index is -0.781. The molecule has 0 aliphatic rings.